The zero-order valence-electron chi connectivity index (χ0n) is 29.9. The molecule has 0 aliphatic carbocycles. The van der Waals surface area contributed by atoms with Crippen molar-refractivity contribution in [3.8, 4) is 45.3 Å². The van der Waals surface area contributed by atoms with Crippen LogP contribution in [0.4, 0.5) is 0 Å². The highest BCUT2D eigenvalue weighted by Crippen LogP contribution is 2.46. The minimum absolute atomic E-state index is 0.653. The van der Waals surface area contributed by atoms with E-state index in [0.29, 0.717) is 17.5 Å². The first-order valence-corrected chi connectivity index (χ1v) is 20.4. The number of aromatic nitrogens is 3. The van der Waals surface area contributed by atoms with E-state index in [2.05, 4.69) is 176 Å². The van der Waals surface area contributed by atoms with E-state index >= 15 is 0 Å². The van der Waals surface area contributed by atoms with Gasteiger partial charge in [0, 0.05) is 57.0 Å². The van der Waals surface area contributed by atoms with Crippen LogP contribution in [0.2, 0.25) is 0 Å². The van der Waals surface area contributed by atoms with Crippen molar-refractivity contribution in [1.82, 2.24) is 15.0 Å². The van der Waals surface area contributed by atoms with E-state index in [1.807, 2.05) is 22.7 Å². The molecule has 0 atom stereocenters. The van der Waals surface area contributed by atoms with E-state index in [9.17, 15) is 0 Å². The summed E-state index contributed by atoms with van der Waals surface area (Å²) in [6, 6.07) is 63.1. The van der Waals surface area contributed by atoms with E-state index in [-0.39, 0.29) is 0 Å². The lowest BCUT2D eigenvalue weighted by atomic mass is 9.98. The molecule has 0 aliphatic rings. The molecule has 3 heterocycles. The summed E-state index contributed by atoms with van der Waals surface area (Å²) in [5.41, 5.74) is 5.38. The zero-order chi connectivity index (χ0) is 36.7. The molecule has 0 unspecified atom stereocenters. The lowest BCUT2D eigenvalue weighted by molar-refractivity contribution is 1.08. The summed E-state index contributed by atoms with van der Waals surface area (Å²) >= 11 is 3.68. The van der Waals surface area contributed by atoms with Crippen LogP contribution in [0.1, 0.15) is 0 Å². The summed E-state index contributed by atoms with van der Waals surface area (Å²) in [7, 11) is 0. The Morgan fingerprint density at radius 1 is 0.304 bits per heavy atom. The van der Waals surface area contributed by atoms with Gasteiger partial charge in [0.2, 0.25) is 0 Å². The second-order valence-corrected chi connectivity index (χ2v) is 16.4. The summed E-state index contributed by atoms with van der Waals surface area (Å²) in [6.45, 7) is 0. The summed E-state index contributed by atoms with van der Waals surface area (Å²) in [4.78, 5) is 16.3. The van der Waals surface area contributed by atoms with Gasteiger partial charge in [-0.05, 0) is 79.8 Å². The Bertz CT molecular complexity index is 3370. The van der Waals surface area contributed by atoms with Crippen molar-refractivity contribution in [1.29, 1.82) is 0 Å². The minimum atomic E-state index is 0.653. The van der Waals surface area contributed by atoms with Crippen LogP contribution >= 0.6 is 22.7 Å². The van der Waals surface area contributed by atoms with Crippen molar-refractivity contribution >= 4 is 95.3 Å². The van der Waals surface area contributed by atoms with Gasteiger partial charge in [-0.2, -0.15) is 0 Å². The maximum atomic E-state index is 5.48. The number of nitrogens with zero attached hydrogens (tertiary/aromatic N) is 3. The molecule has 12 aromatic rings. The van der Waals surface area contributed by atoms with Gasteiger partial charge in [-0.25, -0.2) is 15.0 Å². The molecule has 3 nitrogen and oxygen atoms in total. The van der Waals surface area contributed by atoms with Crippen molar-refractivity contribution in [2.24, 2.45) is 0 Å². The van der Waals surface area contributed by atoms with Gasteiger partial charge < -0.3 is 0 Å². The van der Waals surface area contributed by atoms with Crippen LogP contribution in [-0.2, 0) is 0 Å². The first kappa shape index (κ1) is 31.5. The van der Waals surface area contributed by atoms with Crippen molar-refractivity contribution in [3.63, 3.8) is 0 Å². The highest BCUT2D eigenvalue weighted by molar-refractivity contribution is 7.27. The average Bonchev–Trinajstić information content (AvgIpc) is 3.86. The van der Waals surface area contributed by atoms with E-state index < -0.39 is 0 Å². The van der Waals surface area contributed by atoms with Gasteiger partial charge in [0.25, 0.3) is 0 Å². The quantitative estimate of drug-likeness (QED) is 0.180. The van der Waals surface area contributed by atoms with Gasteiger partial charge in [-0.15, -0.1) is 22.7 Å². The molecule has 12 rings (SSSR count). The molecule has 0 aliphatic heterocycles. The van der Waals surface area contributed by atoms with E-state index in [1.54, 1.807) is 0 Å². The Morgan fingerprint density at radius 2 is 0.750 bits per heavy atom. The van der Waals surface area contributed by atoms with Gasteiger partial charge in [0.15, 0.2) is 17.5 Å². The molecule has 0 radical (unpaired) electrons. The fraction of sp³-hybridized carbons (Fsp3) is 0. The zero-order valence-corrected chi connectivity index (χ0v) is 31.5. The molecule has 9 aromatic carbocycles. The molecule has 3 aromatic heterocycles. The normalized spacial score (nSPS) is 11.9. The highest BCUT2D eigenvalue weighted by Gasteiger charge is 2.22. The van der Waals surface area contributed by atoms with Crippen LogP contribution in [0.5, 0.6) is 0 Å². The molecule has 0 N–H and O–H groups in total. The Balaban J connectivity index is 1.16. The molecular formula is C51H29N3S2. The molecule has 0 saturated heterocycles. The lowest BCUT2D eigenvalue weighted by Crippen LogP contribution is -2.01. The van der Waals surface area contributed by atoms with Crippen LogP contribution in [-0.4, -0.2) is 15.0 Å². The van der Waals surface area contributed by atoms with Crippen LogP contribution < -0.4 is 0 Å². The van der Waals surface area contributed by atoms with Crippen LogP contribution in [0, 0.1) is 0 Å². The Labute approximate surface area is 329 Å². The van der Waals surface area contributed by atoms with Gasteiger partial charge in [0.1, 0.15) is 0 Å². The van der Waals surface area contributed by atoms with Crippen molar-refractivity contribution in [2.75, 3.05) is 0 Å². The second-order valence-electron chi connectivity index (χ2n) is 14.3. The topological polar surface area (TPSA) is 38.7 Å². The molecule has 0 fully saturated rings. The number of benzene rings is 9. The Kier molecular flexibility index (Phi) is 6.97. The number of hydrogen-bond acceptors (Lipinski definition) is 5. The van der Waals surface area contributed by atoms with Crippen LogP contribution in [0.3, 0.4) is 0 Å². The Hall–Kier alpha value is -6.79. The number of thiophene rings is 2. The van der Waals surface area contributed by atoms with Crippen molar-refractivity contribution < 1.29 is 0 Å². The third-order valence-electron chi connectivity index (χ3n) is 11.1. The van der Waals surface area contributed by atoms with Crippen molar-refractivity contribution in [3.05, 3.63) is 176 Å². The first-order chi connectivity index (χ1) is 27.7. The first-order valence-electron chi connectivity index (χ1n) is 18.8. The predicted octanol–water partition coefficient (Wildman–Crippen LogP) is 14.7. The minimum Gasteiger partial charge on any atom is -0.208 e. The van der Waals surface area contributed by atoms with Crippen LogP contribution in [0.15, 0.2) is 176 Å². The van der Waals surface area contributed by atoms with E-state index in [1.165, 1.54) is 78.4 Å². The fourth-order valence-electron chi connectivity index (χ4n) is 8.41. The summed E-state index contributed by atoms with van der Waals surface area (Å²) < 4.78 is 5.00. The molecule has 0 saturated carbocycles. The molecule has 0 amide bonds. The molecule has 0 bridgehead atoms. The van der Waals surface area contributed by atoms with Gasteiger partial charge >= 0.3 is 0 Å². The predicted molar refractivity (Wildman–Crippen MR) is 240 cm³/mol. The van der Waals surface area contributed by atoms with E-state index in [4.69, 9.17) is 15.0 Å². The van der Waals surface area contributed by atoms with Crippen LogP contribution in [0.25, 0.3) is 118 Å². The maximum absolute atomic E-state index is 5.48. The maximum Gasteiger partial charge on any atom is 0.164 e. The SMILES string of the molecule is c1ccc(-c2ccc3cc(-c4nc(-c5cc6ccccc6c6sc7ccccc7c56)nc(-c5cc6ccccc6c6sc7ccccc7c56)n4)ccc3c2)cc1. The number of hydrogen-bond donors (Lipinski definition) is 0. The van der Waals surface area contributed by atoms with E-state index in [0.717, 1.165) is 22.1 Å². The molecule has 56 heavy (non-hydrogen) atoms. The summed E-state index contributed by atoms with van der Waals surface area (Å²) in [5.74, 6) is 2.00. The largest absolute Gasteiger partial charge is 0.208 e. The fourth-order valence-corrected chi connectivity index (χ4v) is 10.9. The second kappa shape index (κ2) is 12.4. The number of rotatable bonds is 4. The van der Waals surface area contributed by atoms with Gasteiger partial charge in [0.05, 0.1) is 0 Å². The van der Waals surface area contributed by atoms with Gasteiger partial charge in [-0.3, -0.25) is 0 Å². The molecular weight excluding hydrogens is 719 g/mol. The third-order valence-corrected chi connectivity index (χ3v) is 13.5. The summed E-state index contributed by atoms with van der Waals surface area (Å²) in [5, 5.41) is 11.9. The smallest absolute Gasteiger partial charge is 0.164 e. The highest BCUT2D eigenvalue weighted by atomic mass is 32.1. The number of fused-ring (bicyclic) bond motifs is 11. The van der Waals surface area contributed by atoms with Gasteiger partial charge in [-0.1, -0.05) is 140 Å². The third kappa shape index (κ3) is 4.92. The molecule has 5 heteroatoms. The lowest BCUT2D eigenvalue weighted by Gasteiger charge is -2.13. The summed E-state index contributed by atoms with van der Waals surface area (Å²) in [6.07, 6.45) is 0. The van der Waals surface area contributed by atoms with Crippen molar-refractivity contribution in [2.45, 2.75) is 0 Å². The average molecular weight is 748 g/mol. The molecule has 260 valence electrons. The standard InChI is InChI=1S/C51H29N3S2/c1-2-12-30(13-3-1)31-22-23-33-27-36(25-24-32(33)26-31)49-52-50(41-28-34-14-4-6-16-37(34)47-45(41)39-18-8-10-20-43(39)55-47)54-51(53-49)42-29-35-15-5-7-17-38(35)48-46(42)40-19-9-11-21-44(40)56-48/h1-29H. The molecule has 0 spiro atoms. The monoisotopic (exact) mass is 747 g/mol. The Morgan fingerprint density at radius 3 is 1.32 bits per heavy atom.